The Labute approximate surface area is 140 Å². The van der Waals surface area contributed by atoms with Crippen molar-refractivity contribution in [3.63, 3.8) is 0 Å². The van der Waals surface area contributed by atoms with E-state index in [0.717, 1.165) is 31.2 Å². The molecule has 1 saturated heterocycles. The summed E-state index contributed by atoms with van der Waals surface area (Å²) in [4.78, 5) is 8.40. The Hall–Kier alpha value is -1.85. The number of nitrogens with zero attached hydrogens (tertiary/aromatic N) is 3. The van der Waals surface area contributed by atoms with Crippen LogP contribution >= 0.6 is 11.3 Å². The maximum Gasteiger partial charge on any atom is 0.150 e. The van der Waals surface area contributed by atoms with Crippen LogP contribution in [0.25, 0.3) is 10.7 Å². The minimum absolute atomic E-state index is 0.278. The maximum atomic E-state index is 5.74. The predicted octanol–water partition coefficient (Wildman–Crippen LogP) is 4.35. The first-order chi connectivity index (χ1) is 11.3. The lowest BCUT2D eigenvalue weighted by atomic mass is 10.2. The number of aryl methyl sites for hydroxylation is 1. The van der Waals surface area contributed by atoms with Crippen molar-refractivity contribution in [3.8, 4) is 10.7 Å². The molecule has 0 spiro atoms. The average molecular weight is 327 g/mol. The highest BCUT2D eigenvalue weighted by atomic mass is 32.1. The van der Waals surface area contributed by atoms with Gasteiger partial charge in [-0.2, -0.15) is 0 Å². The first kappa shape index (κ1) is 14.7. The van der Waals surface area contributed by atoms with E-state index in [2.05, 4.69) is 45.1 Å². The Kier molecular flexibility index (Phi) is 4.06. The fraction of sp³-hybridized carbons (Fsp3) is 0.389. The first-order valence-corrected chi connectivity index (χ1v) is 9.04. The van der Waals surface area contributed by atoms with Crippen LogP contribution in [-0.2, 0) is 6.54 Å². The Morgan fingerprint density at radius 1 is 1.30 bits per heavy atom. The molecule has 4 heterocycles. The van der Waals surface area contributed by atoms with Gasteiger partial charge in [0.15, 0.2) is 0 Å². The number of rotatable bonds is 5. The number of likely N-dealkylation sites (tertiary alicyclic amines) is 1. The molecule has 4 nitrogen and oxygen atoms in total. The number of imidazole rings is 1. The van der Waals surface area contributed by atoms with Gasteiger partial charge in [0.2, 0.25) is 0 Å². The summed E-state index contributed by atoms with van der Waals surface area (Å²) in [5, 5.41) is 2.13. The molecule has 0 N–H and O–H groups in total. The molecule has 0 aliphatic carbocycles. The van der Waals surface area contributed by atoms with Crippen LogP contribution < -0.4 is 0 Å². The van der Waals surface area contributed by atoms with Gasteiger partial charge in [0.25, 0.3) is 0 Å². The van der Waals surface area contributed by atoms with E-state index < -0.39 is 0 Å². The standard InChI is InChI=1S/C18H21N3OS/c1-14-6-12-23-17(14)18-19-7-10-21(18)13-15(16-5-4-11-22-16)20-8-2-3-9-20/h4-7,10-12,15H,2-3,8-9,13H2,1H3/t15-/m0/s1. The first-order valence-electron chi connectivity index (χ1n) is 8.16. The monoisotopic (exact) mass is 327 g/mol. The van der Waals surface area contributed by atoms with Crippen molar-refractivity contribution in [2.24, 2.45) is 0 Å². The summed E-state index contributed by atoms with van der Waals surface area (Å²) in [6.45, 7) is 5.32. The lowest BCUT2D eigenvalue weighted by Gasteiger charge is -2.26. The Morgan fingerprint density at radius 3 is 2.87 bits per heavy atom. The maximum absolute atomic E-state index is 5.74. The fourth-order valence-electron chi connectivity index (χ4n) is 3.37. The van der Waals surface area contributed by atoms with E-state index in [9.17, 15) is 0 Å². The minimum Gasteiger partial charge on any atom is -0.468 e. The van der Waals surface area contributed by atoms with Crippen LogP contribution in [0.5, 0.6) is 0 Å². The third-order valence-electron chi connectivity index (χ3n) is 4.60. The summed E-state index contributed by atoms with van der Waals surface area (Å²) in [6.07, 6.45) is 8.31. The molecular weight excluding hydrogens is 306 g/mol. The van der Waals surface area contributed by atoms with Gasteiger partial charge in [-0.25, -0.2) is 4.98 Å². The van der Waals surface area contributed by atoms with Gasteiger partial charge in [-0.05, 0) is 62.0 Å². The van der Waals surface area contributed by atoms with E-state index in [0.29, 0.717) is 0 Å². The van der Waals surface area contributed by atoms with Gasteiger partial charge in [-0.15, -0.1) is 11.3 Å². The van der Waals surface area contributed by atoms with E-state index in [1.807, 2.05) is 12.3 Å². The zero-order valence-electron chi connectivity index (χ0n) is 13.3. The lowest BCUT2D eigenvalue weighted by molar-refractivity contribution is 0.194. The second kappa shape index (κ2) is 6.34. The second-order valence-corrected chi connectivity index (χ2v) is 7.03. The van der Waals surface area contributed by atoms with Crippen LogP contribution in [0.4, 0.5) is 0 Å². The van der Waals surface area contributed by atoms with Crippen molar-refractivity contribution in [2.45, 2.75) is 32.4 Å². The molecular formula is C18H21N3OS. The predicted molar refractivity (Wildman–Crippen MR) is 92.5 cm³/mol. The van der Waals surface area contributed by atoms with Crippen LogP contribution in [-0.4, -0.2) is 27.5 Å². The van der Waals surface area contributed by atoms with Gasteiger partial charge >= 0.3 is 0 Å². The highest BCUT2D eigenvalue weighted by Gasteiger charge is 2.26. The summed E-state index contributed by atoms with van der Waals surface area (Å²) in [6, 6.07) is 6.51. The zero-order valence-corrected chi connectivity index (χ0v) is 14.1. The molecule has 0 unspecified atom stereocenters. The summed E-state index contributed by atoms with van der Waals surface area (Å²) in [5.74, 6) is 2.11. The van der Waals surface area contributed by atoms with E-state index in [1.54, 1.807) is 17.6 Å². The molecule has 1 atom stereocenters. The highest BCUT2D eigenvalue weighted by molar-refractivity contribution is 7.13. The van der Waals surface area contributed by atoms with Gasteiger partial charge < -0.3 is 8.98 Å². The molecule has 120 valence electrons. The molecule has 0 aromatic carbocycles. The Balaban J connectivity index is 1.65. The van der Waals surface area contributed by atoms with Gasteiger partial charge in [0.1, 0.15) is 11.6 Å². The van der Waals surface area contributed by atoms with Crippen LogP contribution in [0.2, 0.25) is 0 Å². The highest BCUT2D eigenvalue weighted by Crippen LogP contribution is 2.31. The van der Waals surface area contributed by atoms with Crippen LogP contribution in [0, 0.1) is 6.92 Å². The average Bonchev–Trinajstić information content (AvgIpc) is 3.32. The molecule has 3 aromatic rings. The molecule has 0 saturated carbocycles. The molecule has 0 amide bonds. The number of furan rings is 1. The lowest BCUT2D eigenvalue weighted by Crippen LogP contribution is -2.29. The van der Waals surface area contributed by atoms with E-state index in [-0.39, 0.29) is 6.04 Å². The zero-order chi connectivity index (χ0) is 15.6. The summed E-state index contributed by atoms with van der Waals surface area (Å²) in [7, 11) is 0. The second-order valence-electron chi connectivity index (χ2n) is 6.11. The molecule has 4 rings (SSSR count). The van der Waals surface area contributed by atoms with Gasteiger partial charge in [0, 0.05) is 18.9 Å². The van der Waals surface area contributed by atoms with Crippen LogP contribution in [0.1, 0.15) is 30.2 Å². The smallest absolute Gasteiger partial charge is 0.150 e. The van der Waals surface area contributed by atoms with E-state index >= 15 is 0 Å². The van der Waals surface area contributed by atoms with Gasteiger partial charge in [0.05, 0.1) is 17.2 Å². The van der Waals surface area contributed by atoms with Crippen molar-refractivity contribution in [2.75, 3.05) is 13.1 Å². The Bertz CT molecular complexity index is 753. The molecule has 0 radical (unpaired) electrons. The quantitative estimate of drug-likeness (QED) is 0.698. The number of hydrogen-bond donors (Lipinski definition) is 0. The normalized spacial score (nSPS) is 16.9. The molecule has 23 heavy (non-hydrogen) atoms. The molecule has 3 aromatic heterocycles. The van der Waals surface area contributed by atoms with E-state index in [1.165, 1.54) is 23.3 Å². The number of hydrogen-bond acceptors (Lipinski definition) is 4. The van der Waals surface area contributed by atoms with Crippen molar-refractivity contribution < 1.29 is 4.42 Å². The molecule has 1 fully saturated rings. The third-order valence-corrected chi connectivity index (χ3v) is 5.62. The SMILES string of the molecule is Cc1ccsc1-c1nccn1C[C@@H](c1ccco1)N1CCCC1. The molecule has 1 aliphatic rings. The van der Waals surface area contributed by atoms with Crippen LogP contribution in [0.15, 0.2) is 46.7 Å². The number of aromatic nitrogens is 2. The third kappa shape index (κ3) is 2.86. The molecule has 5 heteroatoms. The minimum atomic E-state index is 0.278. The van der Waals surface area contributed by atoms with Crippen molar-refractivity contribution in [3.05, 3.63) is 53.6 Å². The van der Waals surface area contributed by atoms with Crippen molar-refractivity contribution in [1.29, 1.82) is 0 Å². The summed E-state index contributed by atoms with van der Waals surface area (Å²) >= 11 is 1.76. The molecule has 1 aliphatic heterocycles. The molecule has 0 bridgehead atoms. The van der Waals surface area contributed by atoms with Gasteiger partial charge in [-0.3, -0.25) is 4.90 Å². The number of thiophene rings is 1. The largest absolute Gasteiger partial charge is 0.468 e. The fourth-order valence-corrected chi connectivity index (χ4v) is 4.31. The summed E-state index contributed by atoms with van der Waals surface area (Å²) in [5.41, 5.74) is 1.29. The van der Waals surface area contributed by atoms with Crippen molar-refractivity contribution >= 4 is 11.3 Å². The van der Waals surface area contributed by atoms with E-state index in [4.69, 9.17) is 4.42 Å². The van der Waals surface area contributed by atoms with Gasteiger partial charge in [-0.1, -0.05) is 0 Å². The topological polar surface area (TPSA) is 34.2 Å². The van der Waals surface area contributed by atoms with Crippen LogP contribution in [0.3, 0.4) is 0 Å². The van der Waals surface area contributed by atoms with Crippen molar-refractivity contribution in [1.82, 2.24) is 14.5 Å². The Morgan fingerprint density at radius 2 is 2.17 bits per heavy atom. The summed E-state index contributed by atoms with van der Waals surface area (Å²) < 4.78 is 8.01.